The van der Waals surface area contributed by atoms with E-state index in [2.05, 4.69) is 0 Å². The van der Waals surface area contributed by atoms with Gasteiger partial charge in [-0.15, -0.1) is 0 Å². The first-order valence-electron chi connectivity index (χ1n) is 9.37. The third-order valence-electron chi connectivity index (χ3n) is 4.64. The van der Waals surface area contributed by atoms with Gasteiger partial charge in [-0.05, 0) is 64.3 Å². The van der Waals surface area contributed by atoms with Crippen LogP contribution in [0.1, 0.15) is 33.3 Å². The van der Waals surface area contributed by atoms with Gasteiger partial charge in [0.1, 0.15) is 11.1 Å². The van der Waals surface area contributed by atoms with E-state index in [1.165, 1.54) is 37.2 Å². The van der Waals surface area contributed by atoms with Gasteiger partial charge in [0.25, 0.3) is 17.4 Å². The fourth-order valence-corrected chi connectivity index (χ4v) is 3.91. The monoisotopic (exact) mass is 436 g/mol. The summed E-state index contributed by atoms with van der Waals surface area (Å²) >= 11 is 10.5. The van der Waals surface area contributed by atoms with Gasteiger partial charge in [0, 0.05) is 26.2 Å². The number of carbonyl (C=O) groups is 2. The topological polar surface area (TPSA) is 87.8 Å². The number of allylic oxidation sites excluding steroid dienone is 2. The molecule has 29 heavy (non-hydrogen) atoms. The SMILES string of the molecule is CCN1C(=O)C(=C/C=C/c2c(O)n(CC)c(=S)n(CC)c2=O)C(=O)N(CC)C1=S. The van der Waals surface area contributed by atoms with Gasteiger partial charge in [0.2, 0.25) is 5.88 Å². The predicted molar refractivity (Wildman–Crippen MR) is 117 cm³/mol. The zero-order valence-electron chi connectivity index (χ0n) is 16.8. The molecule has 0 atom stereocenters. The molecule has 1 fully saturated rings. The minimum absolute atomic E-state index is 0.0325. The minimum atomic E-state index is -0.489. The second-order valence-electron chi connectivity index (χ2n) is 6.13. The van der Waals surface area contributed by atoms with Crippen LogP contribution in [-0.2, 0) is 22.7 Å². The molecule has 10 heteroatoms. The fraction of sp³-hybridized carbons (Fsp3) is 0.421. The van der Waals surface area contributed by atoms with Crippen LogP contribution in [0.3, 0.4) is 0 Å². The number of hydrogen-bond donors (Lipinski definition) is 1. The van der Waals surface area contributed by atoms with Crippen LogP contribution in [0.4, 0.5) is 0 Å². The van der Waals surface area contributed by atoms with E-state index < -0.39 is 17.4 Å². The molecular weight excluding hydrogens is 412 g/mol. The van der Waals surface area contributed by atoms with Crippen molar-refractivity contribution in [2.24, 2.45) is 0 Å². The van der Waals surface area contributed by atoms with Gasteiger partial charge in [-0.3, -0.25) is 33.3 Å². The minimum Gasteiger partial charge on any atom is -0.494 e. The molecule has 1 N–H and O–H groups in total. The zero-order valence-corrected chi connectivity index (χ0v) is 18.5. The van der Waals surface area contributed by atoms with Crippen molar-refractivity contribution in [3.63, 3.8) is 0 Å². The molecule has 1 aliphatic rings. The summed E-state index contributed by atoms with van der Waals surface area (Å²) in [6.07, 6.45) is 4.11. The lowest BCUT2D eigenvalue weighted by Crippen LogP contribution is -2.55. The molecule has 1 aromatic heterocycles. The van der Waals surface area contributed by atoms with E-state index in [1.807, 2.05) is 0 Å². The van der Waals surface area contributed by atoms with Crippen LogP contribution in [0.2, 0.25) is 0 Å². The molecule has 0 spiro atoms. The number of aromatic nitrogens is 2. The average molecular weight is 437 g/mol. The molecule has 0 aliphatic carbocycles. The van der Waals surface area contributed by atoms with Gasteiger partial charge in [-0.2, -0.15) is 0 Å². The van der Waals surface area contributed by atoms with Crippen LogP contribution in [0.25, 0.3) is 6.08 Å². The molecule has 0 radical (unpaired) electrons. The summed E-state index contributed by atoms with van der Waals surface area (Å²) in [5.74, 6) is -1.23. The van der Waals surface area contributed by atoms with Crippen molar-refractivity contribution in [2.75, 3.05) is 13.1 Å². The Morgan fingerprint density at radius 2 is 1.38 bits per heavy atom. The fourth-order valence-electron chi connectivity index (χ4n) is 3.06. The molecule has 1 aliphatic heterocycles. The van der Waals surface area contributed by atoms with E-state index in [4.69, 9.17) is 24.4 Å². The van der Waals surface area contributed by atoms with Crippen molar-refractivity contribution in [1.82, 2.24) is 18.9 Å². The molecule has 0 aromatic carbocycles. The Balaban J connectivity index is 2.54. The first-order chi connectivity index (χ1) is 13.7. The Bertz CT molecular complexity index is 1010. The number of thiocarbonyl (C=S) groups is 1. The molecule has 2 rings (SSSR count). The lowest BCUT2D eigenvalue weighted by molar-refractivity contribution is -0.133. The van der Waals surface area contributed by atoms with Gasteiger partial charge < -0.3 is 5.11 Å². The molecule has 0 unspecified atom stereocenters. The Morgan fingerprint density at radius 3 is 1.83 bits per heavy atom. The second kappa shape index (κ2) is 9.27. The Morgan fingerprint density at radius 1 is 0.862 bits per heavy atom. The van der Waals surface area contributed by atoms with Crippen molar-refractivity contribution in [3.05, 3.63) is 38.4 Å². The number of carbonyl (C=O) groups excluding carboxylic acids is 2. The summed E-state index contributed by atoms with van der Waals surface area (Å²) in [5.41, 5.74) is -0.468. The summed E-state index contributed by atoms with van der Waals surface area (Å²) < 4.78 is 3.05. The van der Waals surface area contributed by atoms with Gasteiger partial charge in [-0.25, -0.2) is 0 Å². The van der Waals surface area contributed by atoms with Crippen LogP contribution in [-0.4, -0.2) is 54.1 Å². The highest BCUT2D eigenvalue weighted by molar-refractivity contribution is 7.80. The van der Waals surface area contributed by atoms with Crippen molar-refractivity contribution in [3.8, 4) is 5.88 Å². The first-order valence-corrected chi connectivity index (χ1v) is 10.2. The van der Waals surface area contributed by atoms with Crippen LogP contribution < -0.4 is 5.56 Å². The summed E-state index contributed by atoms with van der Waals surface area (Å²) in [4.78, 5) is 40.6. The Kier molecular flexibility index (Phi) is 7.26. The maximum atomic E-state index is 12.6. The van der Waals surface area contributed by atoms with E-state index in [0.717, 1.165) is 0 Å². The number of hydrogen-bond acceptors (Lipinski definition) is 6. The summed E-state index contributed by atoms with van der Waals surface area (Å²) in [6.45, 7) is 8.53. The van der Waals surface area contributed by atoms with Crippen molar-refractivity contribution in [1.29, 1.82) is 0 Å². The average Bonchev–Trinajstić information content (AvgIpc) is 2.68. The summed E-state index contributed by atoms with van der Waals surface area (Å²) in [5, 5.41) is 10.6. The molecule has 8 nitrogen and oxygen atoms in total. The molecule has 1 saturated heterocycles. The van der Waals surface area contributed by atoms with Gasteiger partial charge in [-0.1, -0.05) is 6.08 Å². The number of rotatable bonds is 6. The Labute approximate surface area is 179 Å². The van der Waals surface area contributed by atoms with Crippen molar-refractivity contribution in [2.45, 2.75) is 40.8 Å². The number of nitrogens with zero attached hydrogens (tertiary/aromatic N) is 4. The Hall–Kier alpha value is -2.59. The molecular formula is C19H24N4O4S2. The molecule has 0 saturated carbocycles. The maximum absolute atomic E-state index is 12.6. The summed E-state index contributed by atoms with van der Waals surface area (Å²) in [7, 11) is 0. The maximum Gasteiger partial charge on any atom is 0.265 e. The smallest absolute Gasteiger partial charge is 0.265 e. The van der Waals surface area contributed by atoms with Crippen molar-refractivity contribution < 1.29 is 14.7 Å². The van der Waals surface area contributed by atoms with Crippen LogP contribution >= 0.6 is 24.4 Å². The van der Waals surface area contributed by atoms with Gasteiger partial charge >= 0.3 is 0 Å². The number of aromatic hydroxyl groups is 1. The van der Waals surface area contributed by atoms with E-state index >= 15 is 0 Å². The summed E-state index contributed by atoms with van der Waals surface area (Å²) in [6, 6.07) is 0. The highest BCUT2D eigenvalue weighted by Gasteiger charge is 2.37. The third-order valence-corrected chi connectivity index (χ3v) is 5.52. The molecule has 2 amide bonds. The van der Waals surface area contributed by atoms with Gasteiger partial charge in [0.05, 0.1) is 0 Å². The zero-order chi connectivity index (χ0) is 21.9. The molecule has 0 bridgehead atoms. The second-order valence-corrected chi connectivity index (χ2v) is 6.86. The molecule has 1 aromatic rings. The first kappa shape index (κ1) is 22.7. The predicted octanol–water partition coefficient (Wildman–Crippen LogP) is 2.06. The molecule has 156 valence electrons. The van der Waals surface area contributed by atoms with Crippen molar-refractivity contribution >= 4 is 47.4 Å². The van der Waals surface area contributed by atoms with E-state index in [1.54, 1.807) is 27.7 Å². The van der Waals surface area contributed by atoms with Crippen LogP contribution in [0, 0.1) is 4.77 Å². The standard InChI is InChI=1S/C19H24N4O4S2/c1-5-20-14(24)12(15(25)21(6-2)18(20)28)10-9-11-13-16(26)22(7-3)19(29)23(8-4)17(13)27/h9-11,24H,5-8H2,1-4H3/b10-9+. The normalized spacial score (nSPS) is 15.0. The van der Waals surface area contributed by atoms with Crippen LogP contribution in [0.5, 0.6) is 5.88 Å². The van der Waals surface area contributed by atoms with Gasteiger partial charge in [0.15, 0.2) is 9.88 Å². The highest BCUT2D eigenvalue weighted by Crippen LogP contribution is 2.19. The van der Waals surface area contributed by atoms with Crippen LogP contribution in [0.15, 0.2) is 22.5 Å². The molecule has 2 heterocycles. The number of likely N-dealkylation sites (N-methyl/N-ethyl adjacent to an activating group) is 2. The highest BCUT2D eigenvalue weighted by atomic mass is 32.1. The van der Waals surface area contributed by atoms with E-state index in [0.29, 0.717) is 26.2 Å². The lowest BCUT2D eigenvalue weighted by Gasteiger charge is -2.35. The van der Waals surface area contributed by atoms with E-state index in [-0.39, 0.29) is 26.9 Å². The quantitative estimate of drug-likeness (QED) is 0.417. The van der Waals surface area contributed by atoms with E-state index in [9.17, 15) is 19.5 Å². The number of amides is 2. The third kappa shape index (κ3) is 3.95. The largest absolute Gasteiger partial charge is 0.494 e. The lowest BCUT2D eigenvalue weighted by atomic mass is 10.1.